The van der Waals surface area contributed by atoms with E-state index in [1.54, 1.807) is 0 Å². The van der Waals surface area contributed by atoms with E-state index in [1.165, 1.54) is 33.5 Å². The molecule has 0 unspecified atom stereocenters. The van der Waals surface area contributed by atoms with E-state index >= 15 is 0 Å². The number of imidazole rings is 1. The minimum atomic E-state index is 0.241. The summed E-state index contributed by atoms with van der Waals surface area (Å²) in [4.78, 5) is 5.37. The van der Waals surface area contributed by atoms with E-state index in [1.807, 2.05) is 12.1 Å². The lowest BCUT2D eigenvalue weighted by molar-refractivity contribution is 0.669. The third-order valence-corrected chi connectivity index (χ3v) is 10.8. The number of nitrogens with zero attached hydrogens (tertiary/aromatic N) is 2. The van der Waals surface area contributed by atoms with Crippen molar-refractivity contribution in [1.29, 1.82) is 0 Å². The fourth-order valence-corrected chi connectivity index (χ4v) is 8.11. The summed E-state index contributed by atoms with van der Waals surface area (Å²) in [5, 5.41) is 4.46. The molecule has 0 saturated heterocycles. The van der Waals surface area contributed by atoms with E-state index in [9.17, 15) is 0 Å². The number of benzene rings is 7. The first-order valence-corrected chi connectivity index (χ1v) is 18.5. The first-order valence-electron chi connectivity index (χ1n) is 18.5. The van der Waals surface area contributed by atoms with Gasteiger partial charge in [-0.15, -0.1) is 0 Å². The predicted molar refractivity (Wildman–Crippen MR) is 220 cm³/mol. The molecule has 0 N–H and O–H groups in total. The zero-order chi connectivity index (χ0) is 35.8. The second-order valence-corrected chi connectivity index (χ2v) is 14.7. The fraction of sp³-hybridized carbons (Fsp3) is 0.122. The fourth-order valence-electron chi connectivity index (χ4n) is 8.11. The average Bonchev–Trinajstić information content (AvgIpc) is 3.88. The lowest BCUT2D eigenvalue weighted by Gasteiger charge is -2.24. The van der Waals surface area contributed by atoms with Crippen molar-refractivity contribution >= 4 is 54.9 Å². The molecular weight excluding hydrogens is 649 g/mol. The van der Waals surface area contributed by atoms with Crippen molar-refractivity contribution in [3.05, 3.63) is 157 Å². The molecule has 0 saturated carbocycles. The number of hydrogen-bond acceptors (Lipinski definition) is 3. The number of hydrogen-bond donors (Lipinski definition) is 0. The third-order valence-electron chi connectivity index (χ3n) is 10.8. The molecule has 0 fully saturated rings. The Bertz CT molecular complexity index is 2980. The van der Waals surface area contributed by atoms with Crippen LogP contribution in [0.2, 0.25) is 0 Å². The molecule has 7 aromatic carbocycles. The van der Waals surface area contributed by atoms with Gasteiger partial charge in [0.05, 0.1) is 22.3 Å². The second kappa shape index (κ2) is 12.1. The van der Waals surface area contributed by atoms with Crippen LogP contribution in [-0.4, -0.2) is 9.55 Å². The first kappa shape index (κ1) is 31.4. The number of rotatable bonds is 6. The summed E-state index contributed by atoms with van der Waals surface area (Å²) in [6, 6.07) is 51.6. The van der Waals surface area contributed by atoms with Crippen LogP contribution in [0.1, 0.15) is 50.7 Å². The molecule has 0 amide bonds. The zero-order valence-electron chi connectivity index (χ0n) is 30.2. The summed E-state index contributed by atoms with van der Waals surface area (Å²) >= 11 is 0. The molecule has 10 aromatic rings. The summed E-state index contributed by atoms with van der Waals surface area (Å²) in [5.41, 5.74) is 14.9. The molecule has 4 heteroatoms. The highest BCUT2D eigenvalue weighted by Gasteiger charge is 2.25. The largest absolute Gasteiger partial charge is 0.456 e. The van der Waals surface area contributed by atoms with E-state index in [-0.39, 0.29) is 11.8 Å². The SMILES string of the molecule is CC(C)c1cc(-c2ccc3c(c2)oc2ccccc23)cc(C(C)C)c1-n1c(-c2cccc3c2oc2ccc(-c4ccccc4)cc23)nc2ccccc21. The van der Waals surface area contributed by atoms with E-state index in [4.69, 9.17) is 13.8 Å². The van der Waals surface area contributed by atoms with Crippen LogP contribution in [0.5, 0.6) is 0 Å². The molecule has 0 bridgehead atoms. The number of aromatic nitrogens is 2. The lowest BCUT2D eigenvalue weighted by Crippen LogP contribution is -2.09. The second-order valence-electron chi connectivity index (χ2n) is 14.7. The normalized spacial score (nSPS) is 12.1. The molecule has 0 aliphatic carbocycles. The smallest absolute Gasteiger partial charge is 0.149 e. The Morgan fingerprint density at radius 3 is 1.94 bits per heavy atom. The molecule has 0 aliphatic heterocycles. The maximum atomic E-state index is 6.74. The van der Waals surface area contributed by atoms with Gasteiger partial charge in [-0.1, -0.05) is 113 Å². The van der Waals surface area contributed by atoms with E-state index in [2.05, 4.69) is 166 Å². The van der Waals surface area contributed by atoms with Crippen LogP contribution >= 0.6 is 0 Å². The van der Waals surface area contributed by atoms with Gasteiger partial charge < -0.3 is 8.83 Å². The summed E-state index contributed by atoms with van der Waals surface area (Å²) < 4.78 is 15.5. The Kier molecular flexibility index (Phi) is 7.16. The van der Waals surface area contributed by atoms with Crippen LogP contribution in [0.3, 0.4) is 0 Å². The summed E-state index contributed by atoms with van der Waals surface area (Å²) in [6.07, 6.45) is 0. The zero-order valence-corrected chi connectivity index (χ0v) is 30.2. The van der Waals surface area contributed by atoms with Crippen LogP contribution in [0.15, 0.2) is 154 Å². The van der Waals surface area contributed by atoms with Crippen LogP contribution in [-0.2, 0) is 0 Å². The van der Waals surface area contributed by atoms with Crippen molar-refractivity contribution in [2.45, 2.75) is 39.5 Å². The first-order chi connectivity index (χ1) is 25.9. The van der Waals surface area contributed by atoms with E-state index < -0.39 is 0 Å². The molecule has 3 heterocycles. The van der Waals surface area contributed by atoms with Crippen molar-refractivity contribution in [1.82, 2.24) is 9.55 Å². The van der Waals surface area contributed by atoms with Crippen molar-refractivity contribution in [3.63, 3.8) is 0 Å². The van der Waals surface area contributed by atoms with Crippen molar-refractivity contribution < 1.29 is 8.83 Å². The van der Waals surface area contributed by atoms with Gasteiger partial charge in [-0.2, -0.15) is 0 Å². The monoisotopic (exact) mass is 686 g/mol. The van der Waals surface area contributed by atoms with Crippen molar-refractivity contribution in [3.8, 4) is 39.3 Å². The highest BCUT2D eigenvalue weighted by Crippen LogP contribution is 2.43. The molecule has 3 aromatic heterocycles. The van der Waals surface area contributed by atoms with Crippen molar-refractivity contribution in [2.24, 2.45) is 0 Å². The molecule has 10 rings (SSSR count). The molecule has 0 aliphatic rings. The maximum Gasteiger partial charge on any atom is 0.149 e. The molecule has 0 radical (unpaired) electrons. The number of furan rings is 2. The average molecular weight is 687 g/mol. The highest BCUT2D eigenvalue weighted by atomic mass is 16.3. The molecule has 256 valence electrons. The van der Waals surface area contributed by atoms with Gasteiger partial charge in [0.2, 0.25) is 0 Å². The minimum absolute atomic E-state index is 0.241. The Morgan fingerprint density at radius 2 is 1.13 bits per heavy atom. The lowest BCUT2D eigenvalue weighted by atomic mass is 9.88. The van der Waals surface area contributed by atoms with Crippen LogP contribution in [0.25, 0.3) is 94.2 Å². The molecule has 53 heavy (non-hydrogen) atoms. The minimum Gasteiger partial charge on any atom is -0.456 e. The van der Waals surface area contributed by atoms with Crippen LogP contribution in [0.4, 0.5) is 0 Å². The van der Waals surface area contributed by atoms with Gasteiger partial charge in [0.15, 0.2) is 0 Å². The molecule has 0 spiro atoms. The molecule has 4 nitrogen and oxygen atoms in total. The van der Waals surface area contributed by atoms with Gasteiger partial charge in [-0.3, -0.25) is 4.57 Å². The van der Waals surface area contributed by atoms with Crippen molar-refractivity contribution in [2.75, 3.05) is 0 Å². The molecular formula is C49H38N2O2. The quantitative estimate of drug-likeness (QED) is 0.175. The maximum absolute atomic E-state index is 6.74. The number of para-hydroxylation sites is 4. The van der Waals surface area contributed by atoms with E-state index in [0.717, 1.165) is 71.9 Å². The number of fused-ring (bicyclic) bond motifs is 7. The third kappa shape index (κ3) is 5.01. The Balaban J connectivity index is 1.21. The topological polar surface area (TPSA) is 44.1 Å². The molecule has 0 atom stereocenters. The standard InChI is InChI=1S/C49H38N2O2/c1-29(2)39-26-34(33-21-23-36-35-15-8-11-20-44(35)52-46(36)28-33)27-40(30(3)4)47(39)51-43-19-10-9-18-42(43)50-49(51)38-17-12-16-37-41-25-32(31-13-6-5-7-14-31)22-24-45(41)53-48(37)38/h5-30H,1-4H3. The summed E-state index contributed by atoms with van der Waals surface area (Å²) in [6.45, 7) is 9.16. The Morgan fingerprint density at radius 1 is 0.472 bits per heavy atom. The van der Waals surface area contributed by atoms with E-state index in [0.29, 0.717) is 0 Å². The van der Waals surface area contributed by atoms with Gasteiger partial charge in [0.1, 0.15) is 28.2 Å². The summed E-state index contributed by atoms with van der Waals surface area (Å²) in [7, 11) is 0. The highest BCUT2D eigenvalue weighted by molar-refractivity contribution is 6.11. The van der Waals surface area contributed by atoms with Gasteiger partial charge in [-0.25, -0.2) is 4.98 Å². The van der Waals surface area contributed by atoms with Gasteiger partial charge in [0, 0.05) is 21.5 Å². The van der Waals surface area contributed by atoms with Crippen LogP contribution < -0.4 is 0 Å². The predicted octanol–water partition coefficient (Wildman–Crippen LogP) is 14.1. The van der Waals surface area contributed by atoms with Gasteiger partial charge in [-0.05, 0) is 106 Å². The Labute approximate surface area is 307 Å². The van der Waals surface area contributed by atoms with Gasteiger partial charge in [0.25, 0.3) is 0 Å². The Hall–Kier alpha value is -6.39. The summed E-state index contributed by atoms with van der Waals surface area (Å²) in [5.74, 6) is 1.36. The van der Waals surface area contributed by atoms with Gasteiger partial charge >= 0.3 is 0 Å². The van der Waals surface area contributed by atoms with Crippen LogP contribution in [0, 0.1) is 0 Å².